The van der Waals surface area contributed by atoms with Gasteiger partial charge in [-0.1, -0.05) is 13.8 Å². The van der Waals surface area contributed by atoms with Gasteiger partial charge in [-0.05, 0) is 36.1 Å². The number of hydrogen-bond acceptors (Lipinski definition) is 3. The van der Waals surface area contributed by atoms with Crippen LogP contribution in [0, 0.1) is 6.92 Å². The van der Waals surface area contributed by atoms with Gasteiger partial charge in [-0.3, -0.25) is 4.79 Å². The number of amides is 1. The normalized spacial score (nSPS) is 10.6. The summed E-state index contributed by atoms with van der Waals surface area (Å²) < 4.78 is 5.38. The van der Waals surface area contributed by atoms with E-state index in [0.29, 0.717) is 5.92 Å². The van der Waals surface area contributed by atoms with Crippen molar-refractivity contribution in [2.75, 3.05) is 25.6 Å². The quantitative estimate of drug-likeness (QED) is 0.889. The summed E-state index contributed by atoms with van der Waals surface area (Å²) in [7, 11) is 3.41. The molecule has 0 saturated carbocycles. The zero-order valence-electron chi connectivity index (χ0n) is 11.8. The van der Waals surface area contributed by atoms with E-state index in [-0.39, 0.29) is 12.5 Å². The van der Waals surface area contributed by atoms with Gasteiger partial charge in [-0.15, -0.1) is 0 Å². The Morgan fingerprint density at radius 1 is 1.44 bits per heavy atom. The average Bonchev–Trinajstić information content (AvgIpc) is 2.36. The molecule has 4 heteroatoms. The number of methoxy groups -OCH3 is 1. The number of carbonyl (C=O) groups excluding carboxylic acids is 1. The third kappa shape index (κ3) is 2.82. The first-order chi connectivity index (χ1) is 8.42. The van der Waals surface area contributed by atoms with Crippen LogP contribution in [-0.4, -0.2) is 26.6 Å². The molecular formula is C14H22N2O2. The van der Waals surface area contributed by atoms with Crippen LogP contribution in [0.25, 0.3) is 0 Å². The molecule has 0 heterocycles. The first-order valence-corrected chi connectivity index (χ1v) is 6.07. The first-order valence-electron chi connectivity index (χ1n) is 6.07. The molecule has 0 fully saturated rings. The van der Waals surface area contributed by atoms with E-state index in [1.807, 2.05) is 19.1 Å². The number of anilines is 1. The van der Waals surface area contributed by atoms with E-state index in [9.17, 15) is 4.79 Å². The smallest absolute Gasteiger partial charge is 0.240 e. The van der Waals surface area contributed by atoms with E-state index < -0.39 is 0 Å². The highest BCUT2D eigenvalue weighted by molar-refractivity contribution is 5.95. The summed E-state index contributed by atoms with van der Waals surface area (Å²) >= 11 is 0. The van der Waals surface area contributed by atoms with Crippen molar-refractivity contribution in [2.24, 2.45) is 5.73 Å². The Balaban J connectivity index is 3.29. The highest BCUT2D eigenvalue weighted by Gasteiger charge is 2.16. The third-order valence-electron chi connectivity index (χ3n) is 3.08. The molecule has 0 spiro atoms. The summed E-state index contributed by atoms with van der Waals surface area (Å²) in [6.45, 7) is 6.17. The maximum atomic E-state index is 11.7. The van der Waals surface area contributed by atoms with Gasteiger partial charge in [0.15, 0.2) is 0 Å². The van der Waals surface area contributed by atoms with E-state index in [0.717, 1.165) is 22.6 Å². The number of aryl methyl sites for hydroxylation is 1. The van der Waals surface area contributed by atoms with E-state index >= 15 is 0 Å². The van der Waals surface area contributed by atoms with Gasteiger partial charge in [0.05, 0.1) is 13.7 Å². The third-order valence-corrected chi connectivity index (χ3v) is 3.08. The largest absolute Gasteiger partial charge is 0.496 e. The minimum absolute atomic E-state index is 0.0129. The van der Waals surface area contributed by atoms with Gasteiger partial charge >= 0.3 is 0 Å². The summed E-state index contributed by atoms with van der Waals surface area (Å²) in [6, 6.07) is 3.97. The number of ether oxygens (including phenoxy) is 1. The lowest BCUT2D eigenvalue weighted by Crippen LogP contribution is -2.33. The maximum Gasteiger partial charge on any atom is 0.240 e. The van der Waals surface area contributed by atoms with Crippen LogP contribution in [0.1, 0.15) is 30.9 Å². The second-order valence-electron chi connectivity index (χ2n) is 4.69. The highest BCUT2D eigenvalue weighted by atomic mass is 16.5. The second-order valence-corrected chi connectivity index (χ2v) is 4.69. The van der Waals surface area contributed by atoms with Crippen LogP contribution in [0.5, 0.6) is 5.75 Å². The Kier molecular flexibility index (Phi) is 4.73. The Morgan fingerprint density at radius 2 is 2.06 bits per heavy atom. The van der Waals surface area contributed by atoms with E-state index in [2.05, 4.69) is 13.8 Å². The van der Waals surface area contributed by atoms with Crippen LogP contribution in [-0.2, 0) is 4.79 Å². The van der Waals surface area contributed by atoms with Crippen molar-refractivity contribution < 1.29 is 9.53 Å². The summed E-state index contributed by atoms with van der Waals surface area (Å²) in [5.74, 6) is 1.10. The standard InChI is InChI=1S/C14H22N2O2/c1-9(2)11-7-12(16(4)14(17)8-15)10(3)6-13(11)18-5/h6-7,9H,8,15H2,1-5H3. The van der Waals surface area contributed by atoms with Gasteiger partial charge in [-0.2, -0.15) is 0 Å². The van der Waals surface area contributed by atoms with Gasteiger partial charge in [-0.25, -0.2) is 0 Å². The van der Waals surface area contributed by atoms with Gasteiger partial charge in [0.25, 0.3) is 0 Å². The Hall–Kier alpha value is -1.55. The van der Waals surface area contributed by atoms with E-state index in [1.54, 1.807) is 19.1 Å². The number of nitrogens with two attached hydrogens (primary N) is 1. The lowest BCUT2D eigenvalue weighted by atomic mass is 9.98. The van der Waals surface area contributed by atoms with Crippen molar-refractivity contribution in [2.45, 2.75) is 26.7 Å². The molecule has 0 aliphatic carbocycles. The summed E-state index contributed by atoms with van der Waals surface area (Å²) in [5, 5.41) is 0. The van der Waals surface area contributed by atoms with Crippen molar-refractivity contribution in [1.29, 1.82) is 0 Å². The lowest BCUT2D eigenvalue weighted by Gasteiger charge is -2.22. The molecule has 0 saturated heterocycles. The fraction of sp³-hybridized carbons (Fsp3) is 0.500. The fourth-order valence-electron chi connectivity index (χ4n) is 1.95. The Bertz CT molecular complexity index is 442. The number of hydrogen-bond donors (Lipinski definition) is 1. The predicted molar refractivity (Wildman–Crippen MR) is 74.3 cm³/mol. The van der Waals surface area contributed by atoms with Crippen LogP contribution < -0.4 is 15.4 Å². The molecule has 0 unspecified atom stereocenters. The zero-order valence-corrected chi connectivity index (χ0v) is 11.8. The molecule has 0 radical (unpaired) electrons. The molecule has 0 aliphatic rings. The zero-order chi connectivity index (χ0) is 13.9. The Morgan fingerprint density at radius 3 is 2.50 bits per heavy atom. The number of benzene rings is 1. The van der Waals surface area contributed by atoms with Crippen molar-refractivity contribution >= 4 is 11.6 Å². The molecule has 4 nitrogen and oxygen atoms in total. The number of likely N-dealkylation sites (N-methyl/N-ethyl adjacent to an activating group) is 1. The minimum Gasteiger partial charge on any atom is -0.496 e. The van der Waals surface area contributed by atoms with Crippen molar-refractivity contribution in [3.8, 4) is 5.75 Å². The highest BCUT2D eigenvalue weighted by Crippen LogP contribution is 2.33. The molecule has 1 rings (SSSR count). The lowest BCUT2D eigenvalue weighted by molar-refractivity contribution is -0.117. The number of rotatable bonds is 4. The maximum absolute atomic E-state index is 11.7. The predicted octanol–water partition coefficient (Wildman–Crippen LogP) is 2.05. The summed E-state index contributed by atoms with van der Waals surface area (Å²) in [5.41, 5.74) is 8.38. The van der Waals surface area contributed by atoms with E-state index in [1.165, 1.54) is 0 Å². The average molecular weight is 250 g/mol. The SMILES string of the molecule is COc1cc(C)c(N(C)C(=O)CN)cc1C(C)C. The molecule has 100 valence electrons. The van der Waals surface area contributed by atoms with Crippen molar-refractivity contribution in [1.82, 2.24) is 0 Å². The van der Waals surface area contributed by atoms with E-state index in [4.69, 9.17) is 10.5 Å². The molecule has 0 aromatic heterocycles. The second kappa shape index (κ2) is 5.87. The number of nitrogens with zero attached hydrogens (tertiary/aromatic N) is 1. The molecular weight excluding hydrogens is 228 g/mol. The molecule has 0 aliphatic heterocycles. The van der Waals surface area contributed by atoms with Crippen LogP contribution in [0.15, 0.2) is 12.1 Å². The molecule has 1 aromatic rings. The number of carbonyl (C=O) groups is 1. The van der Waals surface area contributed by atoms with Gasteiger partial charge in [0.2, 0.25) is 5.91 Å². The van der Waals surface area contributed by atoms with Gasteiger partial charge in [0.1, 0.15) is 5.75 Å². The van der Waals surface area contributed by atoms with Crippen molar-refractivity contribution in [3.05, 3.63) is 23.3 Å². The van der Waals surface area contributed by atoms with Crippen LogP contribution >= 0.6 is 0 Å². The minimum atomic E-state index is -0.0991. The van der Waals surface area contributed by atoms with Crippen LogP contribution in [0.4, 0.5) is 5.69 Å². The van der Waals surface area contributed by atoms with Crippen LogP contribution in [0.2, 0.25) is 0 Å². The summed E-state index contributed by atoms with van der Waals surface area (Å²) in [6.07, 6.45) is 0. The topological polar surface area (TPSA) is 55.6 Å². The first kappa shape index (κ1) is 14.5. The van der Waals surface area contributed by atoms with Gasteiger partial charge in [0, 0.05) is 12.7 Å². The molecule has 0 atom stereocenters. The van der Waals surface area contributed by atoms with Crippen molar-refractivity contribution in [3.63, 3.8) is 0 Å². The molecule has 2 N–H and O–H groups in total. The molecule has 0 bridgehead atoms. The van der Waals surface area contributed by atoms with Gasteiger partial charge < -0.3 is 15.4 Å². The molecule has 1 amide bonds. The monoisotopic (exact) mass is 250 g/mol. The molecule has 18 heavy (non-hydrogen) atoms. The molecule has 1 aromatic carbocycles. The Labute approximate surface area is 109 Å². The fourth-order valence-corrected chi connectivity index (χ4v) is 1.95. The summed E-state index contributed by atoms with van der Waals surface area (Å²) in [4.78, 5) is 13.3. The van der Waals surface area contributed by atoms with Crippen LogP contribution in [0.3, 0.4) is 0 Å².